The minimum Gasteiger partial charge on any atom is -0.369 e. The van der Waals surface area contributed by atoms with Crippen molar-refractivity contribution < 1.29 is 0 Å². The van der Waals surface area contributed by atoms with Crippen LogP contribution in [0.3, 0.4) is 0 Å². The van der Waals surface area contributed by atoms with Gasteiger partial charge in [-0.05, 0) is 30.5 Å². The Balaban J connectivity index is 1.55. The molecule has 0 fully saturated rings. The van der Waals surface area contributed by atoms with Crippen LogP contribution in [0.25, 0.3) is 11.0 Å². The molecule has 0 atom stereocenters. The van der Waals surface area contributed by atoms with Crippen molar-refractivity contribution in [1.82, 2.24) is 9.97 Å². The Morgan fingerprint density at radius 3 is 2.45 bits per heavy atom. The summed E-state index contributed by atoms with van der Waals surface area (Å²) in [6.45, 7) is 0.905. The van der Waals surface area contributed by atoms with E-state index >= 15 is 0 Å². The number of fused-ring (bicyclic) bond motifs is 1. The van der Waals surface area contributed by atoms with E-state index < -0.39 is 0 Å². The van der Waals surface area contributed by atoms with Crippen LogP contribution in [0, 0.1) is 0 Å². The molecule has 0 aliphatic rings. The van der Waals surface area contributed by atoms with E-state index in [1.807, 2.05) is 30.3 Å². The van der Waals surface area contributed by atoms with E-state index in [0.717, 1.165) is 36.2 Å². The molecule has 3 heteroatoms. The molecule has 0 aliphatic heterocycles. The van der Waals surface area contributed by atoms with Crippen LogP contribution in [-0.2, 0) is 6.42 Å². The largest absolute Gasteiger partial charge is 0.369 e. The van der Waals surface area contributed by atoms with E-state index in [9.17, 15) is 0 Å². The number of aromatic nitrogens is 2. The molecule has 0 radical (unpaired) electrons. The van der Waals surface area contributed by atoms with Crippen LogP contribution in [-0.4, -0.2) is 16.5 Å². The summed E-state index contributed by atoms with van der Waals surface area (Å²) in [5.74, 6) is 0.844. The number of nitrogens with one attached hydrogen (secondary N) is 1. The van der Waals surface area contributed by atoms with Gasteiger partial charge in [0.2, 0.25) is 0 Å². The lowest BCUT2D eigenvalue weighted by Gasteiger charge is -2.06. The molecule has 3 nitrogen and oxygen atoms in total. The molecule has 0 aliphatic carbocycles. The first kappa shape index (κ1) is 12.6. The second-order valence-corrected chi connectivity index (χ2v) is 4.76. The molecule has 1 heterocycles. The highest BCUT2D eigenvalue weighted by molar-refractivity contribution is 5.75. The molecule has 1 aromatic heterocycles. The maximum atomic E-state index is 4.55. The van der Waals surface area contributed by atoms with E-state index in [0.29, 0.717) is 0 Å². The number of rotatable bonds is 5. The van der Waals surface area contributed by atoms with Crippen molar-refractivity contribution in [3.05, 3.63) is 66.4 Å². The Morgan fingerprint density at radius 1 is 0.850 bits per heavy atom. The van der Waals surface area contributed by atoms with Gasteiger partial charge < -0.3 is 5.32 Å². The van der Waals surface area contributed by atoms with Crippen molar-refractivity contribution in [1.29, 1.82) is 0 Å². The maximum Gasteiger partial charge on any atom is 0.145 e. The Bertz CT molecular complexity index is 680. The van der Waals surface area contributed by atoms with Crippen molar-refractivity contribution in [3.8, 4) is 0 Å². The van der Waals surface area contributed by atoms with E-state index in [-0.39, 0.29) is 0 Å². The summed E-state index contributed by atoms with van der Waals surface area (Å²) in [6.07, 6.45) is 3.96. The summed E-state index contributed by atoms with van der Waals surface area (Å²) in [5, 5.41) is 3.33. The molecule has 0 saturated heterocycles. The van der Waals surface area contributed by atoms with Crippen LogP contribution >= 0.6 is 0 Å². The minimum atomic E-state index is 0.844. The fourth-order valence-electron chi connectivity index (χ4n) is 2.20. The lowest BCUT2D eigenvalue weighted by molar-refractivity contribution is 0.859. The van der Waals surface area contributed by atoms with Gasteiger partial charge >= 0.3 is 0 Å². The van der Waals surface area contributed by atoms with Crippen LogP contribution in [0.4, 0.5) is 5.82 Å². The highest BCUT2D eigenvalue weighted by Crippen LogP contribution is 2.11. The smallest absolute Gasteiger partial charge is 0.145 e. The van der Waals surface area contributed by atoms with Gasteiger partial charge in [-0.1, -0.05) is 42.5 Å². The van der Waals surface area contributed by atoms with Crippen LogP contribution in [0.1, 0.15) is 12.0 Å². The van der Waals surface area contributed by atoms with Crippen LogP contribution in [0.15, 0.2) is 60.8 Å². The Morgan fingerprint density at radius 2 is 1.60 bits per heavy atom. The normalized spacial score (nSPS) is 10.6. The first-order valence-electron chi connectivity index (χ1n) is 6.91. The second kappa shape index (κ2) is 6.15. The monoisotopic (exact) mass is 263 g/mol. The van der Waals surface area contributed by atoms with Gasteiger partial charge in [0.05, 0.1) is 17.2 Å². The number of hydrogen-bond donors (Lipinski definition) is 1. The quantitative estimate of drug-likeness (QED) is 0.714. The van der Waals surface area contributed by atoms with Crippen molar-refractivity contribution in [2.45, 2.75) is 12.8 Å². The van der Waals surface area contributed by atoms with E-state index in [1.54, 1.807) is 6.20 Å². The summed E-state index contributed by atoms with van der Waals surface area (Å²) in [6, 6.07) is 18.5. The van der Waals surface area contributed by atoms with Gasteiger partial charge in [-0.3, -0.25) is 4.98 Å². The van der Waals surface area contributed by atoms with Gasteiger partial charge in [-0.25, -0.2) is 4.98 Å². The first-order valence-corrected chi connectivity index (χ1v) is 6.91. The standard InChI is InChI=1S/C17H17N3/c1-2-7-14(8-3-1)9-6-12-18-17-13-19-15-10-4-5-11-16(15)20-17/h1-5,7-8,10-11,13H,6,9,12H2,(H,18,20). The molecule has 3 aromatic rings. The van der Waals surface area contributed by atoms with Gasteiger partial charge in [0.1, 0.15) is 5.82 Å². The van der Waals surface area contributed by atoms with E-state index in [1.165, 1.54) is 5.56 Å². The van der Waals surface area contributed by atoms with E-state index in [2.05, 4.69) is 39.6 Å². The first-order chi connectivity index (χ1) is 9.92. The fraction of sp³-hybridized carbons (Fsp3) is 0.176. The number of hydrogen-bond acceptors (Lipinski definition) is 3. The van der Waals surface area contributed by atoms with Crippen molar-refractivity contribution in [3.63, 3.8) is 0 Å². The molecule has 0 bridgehead atoms. The molecular weight excluding hydrogens is 246 g/mol. The predicted molar refractivity (Wildman–Crippen MR) is 82.8 cm³/mol. The molecule has 3 rings (SSSR count). The van der Waals surface area contributed by atoms with E-state index in [4.69, 9.17) is 0 Å². The molecule has 0 amide bonds. The van der Waals surface area contributed by atoms with Gasteiger partial charge in [-0.15, -0.1) is 0 Å². The number of anilines is 1. The molecule has 20 heavy (non-hydrogen) atoms. The Labute approximate surface area is 118 Å². The zero-order chi connectivity index (χ0) is 13.6. The molecular formula is C17H17N3. The fourth-order valence-corrected chi connectivity index (χ4v) is 2.20. The average Bonchev–Trinajstić information content (AvgIpc) is 2.52. The molecule has 2 aromatic carbocycles. The average molecular weight is 263 g/mol. The zero-order valence-corrected chi connectivity index (χ0v) is 11.3. The summed E-state index contributed by atoms with van der Waals surface area (Å²) < 4.78 is 0. The molecule has 100 valence electrons. The topological polar surface area (TPSA) is 37.8 Å². The van der Waals surface area contributed by atoms with Crippen molar-refractivity contribution >= 4 is 16.9 Å². The number of nitrogens with zero attached hydrogens (tertiary/aromatic N) is 2. The molecule has 0 spiro atoms. The maximum absolute atomic E-state index is 4.55. The number of aryl methyl sites for hydroxylation is 1. The van der Waals surface area contributed by atoms with Crippen LogP contribution < -0.4 is 5.32 Å². The van der Waals surface area contributed by atoms with Gasteiger partial charge in [-0.2, -0.15) is 0 Å². The third-order valence-electron chi connectivity index (χ3n) is 3.24. The van der Waals surface area contributed by atoms with Gasteiger partial charge in [0, 0.05) is 6.54 Å². The second-order valence-electron chi connectivity index (χ2n) is 4.76. The molecule has 0 saturated carbocycles. The number of para-hydroxylation sites is 2. The van der Waals surface area contributed by atoms with Crippen molar-refractivity contribution in [2.24, 2.45) is 0 Å². The molecule has 0 unspecified atom stereocenters. The summed E-state index contributed by atoms with van der Waals surface area (Å²) in [4.78, 5) is 8.94. The third kappa shape index (κ3) is 3.12. The Kier molecular flexibility index (Phi) is 3.88. The highest BCUT2D eigenvalue weighted by atomic mass is 15.0. The van der Waals surface area contributed by atoms with Gasteiger partial charge in [0.25, 0.3) is 0 Å². The zero-order valence-electron chi connectivity index (χ0n) is 11.3. The summed E-state index contributed by atoms with van der Waals surface area (Å²) >= 11 is 0. The number of benzene rings is 2. The highest BCUT2D eigenvalue weighted by Gasteiger charge is 1.98. The lowest BCUT2D eigenvalue weighted by Crippen LogP contribution is -2.05. The lowest BCUT2D eigenvalue weighted by atomic mass is 10.1. The van der Waals surface area contributed by atoms with Crippen LogP contribution in [0.5, 0.6) is 0 Å². The summed E-state index contributed by atoms with van der Waals surface area (Å²) in [5.41, 5.74) is 3.24. The SMILES string of the molecule is c1ccc(CCCNc2cnc3ccccc3n2)cc1. The van der Waals surface area contributed by atoms with Crippen molar-refractivity contribution in [2.75, 3.05) is 11.9 Å². The molecule has 1 N–H and O–H groups in total. The minimum absolute atomic E-state index is 0.844. The predicted octanol–water partition coefficient (Wildman–Crippen LogP) is 3.67. The third-order valence-corrected chi connectivity index (χ3v) is 3.24. The van der Waals surface area contributed by atoms with Gasteiger partial charge in [0.15, 0.2) is 0 Å². The summed E-state index contributed by atoms with van der Waals surface area (Å²) in [7, 11) is 0. The van der Waals surface area contributed by atoms with Crippen LogP contribution in [0.2, 0.25) is 0 Å². The Hall–Kier alpha value is -2.42.